The topological polar surface area (TPSA) is 41.3 Å². The van der Waals surface area contributed by atoms with Gasteiger partial charge in [-0.05, 0) is 18.8 Å². The quantitative estimate of drug-likeness (QED) is 0.552. The Balaban J connectivity index is 1.50. The molecule has 0 aromatic rings. The number of hydrogen-bond donors (Lipinski definition) is 2. The zero-order valence-corrected chi connectivity index (χ0v) is 7.63. The number of nitrogens with zero attached hydrogens (tertiary/aromatic N) is 1. The van der Waals surface area contributed by atoms with E-state index in [0.717, 1.165) is 25.0 Å². The van der Waals surface area contributed by atoms with Crippen LogP contribution >= 0.6 is 0 Å². The van der Waals surface area contributed by atoms with E-state index in [-0.39, 0.29) is 0 Å². The van der Waals surface area contributed by atoms with Crippen LogP contribution in [-0.4, -0.2) is 43.7 Å². The van der Waals surface area contributed by atoms with Gasteiger partial charge < -0.3 is 11.1 Å². The van der Waals surface area contributed by atoms with E-state index in [4.69, 9.17) is 5.73 Å². The van der Waals surface area contributed by atoms with E-state index >= 15 is 0 Å². The zero-order chi connectivity index (χ0) is 8.39. The lowest BCUT2D eigenvalue weighted by Gasteiger charge is -2.39. The van der Waals surface area contributed by atoms with Gasteiger partial charge in [0.05, 0.1) is 0 Å². The molecule has 1 saturated heterocycles. The van der Waals surface area contributed by atoms with Crippen molar-refractivity contribution in [1.82, 2.24) is 10.2 Å². The molecule has 1 aliphatic heterocycles. The predicted octanol–water partition coefficient (Wildman–Crippen LogP) is -0.371. The summed E-state index contributed by atoms with van der Waals surface area (Å²) in [6.45, 7) is 5.55. The molecular weight excluding hydrogens is 150 g/mol. The van der Waals surface area contributed by atoms with Crippen molar-refractivity contribution in [1.29, 1.82) is 0 Å². The summed E-state index contributed by atoms with van der Waals surface area (Å²) in [6, 6.07) is 0.968. The molecule has 12 heavy (non-hydrogen) atoms. The molecule has 0 atom stereocenters. The third-order valence-electron chi connectivity index (χ3n) is 2.80. The average molecular weight is 169 g/mol. The minimum absolute atomic E-state index is 0.763. The van der Waals surface area contributed by atoms with Gasteiger partial charge >= 0.3 is 0 Å². The number of nitrogens with one attached hydrogen (secondary N) is 1. The molecular formula is C9H19N3. The standard InChI is InChI=1S/C9H19N3/c10-3-4-11-5-8-6-12(7-8)9-1-2-9/h8-9,11H,1-7,10H2. The molecule has 1 heterocycles. The summed E-state index contributed by atoms with van der Waals surface area (Å²) in [5.74, 6) is 0.900. The van der Waals surface area contributed by atoms with Crippen LogP contribution in [0.15, 0.2) is 0 Å². The molecule has 0 aromatic carbocycles. The van der Waals surface area contributed by atoms with E-state index in [1.807, 2.05) is 0 Å². The maximum absolute atomic E-state index is 5.39. The molecule has 0 unspecified atom stereocenters. The second-order valence-electron chi connectivity index (χ2n) is 4.04. The summed E-state index contributed by atoms with van der Waals surface area (Å²) in [4.78, 5) is 2.61. The first-order valence-electron chi connectivity index (χ1n) is 5.05. The Labute approximate surface area is 74.3 Å². The first-order valence-corrected chi connectivity index (χ1v) is 5.05. The largest absolute Gasteiger partial charge is 0.329 e. The number of hydrogen-bond acceptors (Lipinski definition) is 3. The van der Waals surface area contributed by atoms with Crippen molar-refractivity contribution >= 4 is 0 Å². The fourth-order valence-corrected chi connectivity index (χ4v) is 1.88. The van der Waals surface area contributed by atoms with Crippen LogP contribution in [-0.2, 0) is 0 Å². The molecule has 0 radical (unpaired) electrons. The first-order chi connectivity index (χ1) is 5.90. The Bertz CT molecular complexity index is 139. The lowest BCUT2D eigenvalue weighted by molar-refractivity contribution is 0.0914. The van der Waals surface area contributed by atoms with Crippen molar-refractivity contribution in [3.8, 4) is 0 Å². The Morgan fingerprint density at radius 1 is 1.33 bits per heavy atom. The lowest BCUT2D eigenvalue weighted by Crippen LogP contribution is -2.51. The second-order valence-corrected chi connectivity index (χ2v) is 4.04. The average Bonchev–Trinajstić information content (AvgIpc) is 2.76. The highest BCUT2D eigenvalue weighted by atomic mass is 15.2. The summed E-state index contributed by atoms with van der Waals surface area (Å²) in [5, 5.41) is 3.37. The molecule has 3 N–H and O–H groups in total. The van der Waals surface area contributed by atoms with Crippen molar-refractivity contribution in [3.05, 3.63) is 0 Å². The van der Waals surface area contributed by atoms with Crippen molar-refractivity contribution in [2.45, 2.75) is 18.9 Å². The van der Waals surface area contributed by atoms with Crippen LogP contribution in [0.1, 0.15) is 12.8 Å². The molecule has 3 heteroatoms. The summed E-state index contributed by atoms with van der Waals surface area (Å²) in [6.07, 6.45) is 2.89. The first kappa shape index (κ1) is 8.48. The van der Waals surface area contributed by atoms with E-state index in [9.17, 15) is 0 Å². The molecule has 2 rings (SSSR count). The van der Waals surface area contributed by atoms with Gasteiger partial charge in [0.2, 0.25) is 0 Å². The molecule has 0 spiro atoms. The molecule has 0 aromatic heterocycles. The highest BCUT2D eigenvalue weighted by Gasteiger charge is 2.37. The van der Waals surface area contributed by atoms with Crippen LogP contribution in [0.2, 0.25) is 0 Å². The van der Waals surface area contributed by atoms with Crippen molar-refractivity contribution in [2.75, 3.05) is 32.7 Å². The molecule has 0 bridgehead atoms. The van der Waals surface area contributed by atoms with E-state index in [1.54, 1.807) is 0 Å². The minimum Gasteiger partial charge on any atom is -0.329 e. The van der Waals surface area contributed by atoms with E-state index < -0.39 is 0 Å². The third-order valence-corrected chi connectivity index (χ3v) is 2.80. The van der Waals surface area contributed by atoms with Crippen molar-refractivity contribution in [2.24, 2.45) is 11.7 Å². The normalized spacial score (nSPS) is 25.8. The molecule has 70 valence electrons. The molecule has 2 aliphatic rings. The van der Waals surface area contributed by atoms with Crippen LogP contribution in [0.5, 0.6) is 0 Å². The van der Waals surface area contributed by atoms with E-state index in [2.05, 4.69) is 10.2 Å². The maximum Gasteiger partial charge on any atom is 0.00966 e. The van der Waals surface area contributed by atoms with Gasteiger partial charge in [-0.25, -0.2) is 0 Å². The lowest BCUT2D eigenvalue weighted by atomic mass is 10.00. The molecule has 1 saturated carbocycles. The van der Waals surface area contributed by atoms with Crippen LogP contribution in [0, 0.1) is 5.92 Å². The highest BCUT2D eigenvalue weighted by Crippen LogP contribution is 2.32. The smallest absolute Gasteiger partial charge is 0.00966 e. The van der Waals surface area contributed by atoms with Gasteiger partial charge in [0.15, 0.2) is 0 Å². The predicted molar refractivity (Wildman–Crippen MR) is 50.0 cm³/mol. The second kappa shape index (κ2) is 3.73. The van der Waals surface area contributed by atoms with Crippen LogP contribution in [0.3, 0.4) is 0 Å². The molecule has 1 aliphatic carbocycles. The summed E-state index contributed by atoms with van der Waals surface area (Å²) >= 11 is 0. The Hall–Kier alpha value is -0.120. The van der Waals surface area contributed by atoms with Crippen LogP contribution in [0.4, 0.5) is 0 Å². The molecule has 2 fully saturated rings. The monoisotopic (exact) mass is 169 g/mol. The fourth-order valence-electron chi connectivity index (χ4n) is 1.88. The molecule has 3 nitrogen and oxygen atoms in total. The third kappa shape index (κ3) is 1.97. The highest BCUT2D eigenvalue weighted by molar-refractivity contribution is 4.93. The van der Waals surface area contributed by atoms with Gasteiger partial charge in [0.1, 0.15) is 0 Å². The minimum atomic E-state index is 0.763. The SMILES string of the molecule is NCCNCC1CN(C2CC2)C1. The van der Waals surface area contributed by atoms with Gasteiger partial charge in [-0.1, -0.05) is 0 Å². The Morgan fingerprint density at radius 2 is 2.08 bits per heavy atom. The van der Waals surface area contributed by atoms with Gasteiger partial charge in [-0.15, -0.1) is 0 Å². The summed E-state index contributed by atoms with van der Waals surface area (Å²) < 4.78 is 0. The van der Waals surface area contributed by atoms with E-state index in [0.29, 0.717) is 0 Å². The number of likely N-dealkylation sites (tertiary alicyclic amines) is 1. The number of nitrogens with two attached hydrogens (primary N) is 1. The zero-order valence-electron chi connectivity index (χ0n) is 7.63. The summed E-state index contributed by atoms with van der Waals surface area (Å²) in [7, 11) is 0. The Kier molecular flexibility index (Phi) is 2.63. The van der Waals surface area contributed by atoms with Crippen LogP contribution in [0.25, 0.3) is 0 Å². The van der Waals surface area contributed by atoms with Crippen molar-refractivity contribution < 1.29 is 0 Å². The number of rotatable bonds is 5. The fraction of sp³-hybridized carbons (Fsp3) is 1.00. The maximum atomic E-state index is 5.39. The summed E-state index contributed by atoms with van der Waals surface area (Å²) in [5.41, 5.74) is 5.39. The molecule has 0 amide bonds. The van der Waals surface area contributed by atoms with E-state index in [1.165, 1.54) is 32.5 Å². The Morgan fingerprint density at radius 3 is 2.67 bits per heavy atom. The van der Waals surface area contributed by atoms with Gasteiger partial charge in [0.25, 0.3) is 0 Å². The van der Waals surface area contributed by atoms with Gasteiger partial charge in [0, 0.05) is 38.8 Å². The van der Waals surface area contributed by atoms with Gasteiger partial charge in [-0.2, -0.15) is 0 Å². The van der Waals surface area contributed by atoms with Gasteiger partial charge in [-0.3, -0.25) is 4.90 Å². The van der Waals surface area contributed by atoms with Crippen molar-refractivity contribution in [3.63, 3.8) is 0 Å². The van der Waals surface area contributed by atoms with Crippen LogP contribution < -0.4 is 11.1 Å².